The van der Waals surface area contributed by atoms with Gasteiger partial charge in [-0.3, -0.25) is 24.0 Å². The summed E-state index contributed by atoms with van der Waals surface area (Å²) in [5.74, 6) is -3.22. The molecule has 0 radical (unpaired) electrons. The molecule has 0 bridgehead atoms. The van der Waals surface area contributed by atoms with Crippen molar-refractivity contribution in [2.45, 2.75) is 77.9 Å². The third kappa shape index (κ3) is 8.11. The lowest BCUT2D eigenvalue weighted by atomic mass is 9.89. The first-order valence-corrected chi connectivity index (χ1v) is 13.9. The number of carbonyl (C=O) groups excluding carboxylic acids is 5. The van der Waals surface area contributed by atoms with Crippen molar-refractivity contribution in [2.75, 3.05) is 6.54 Å². The zero-order valence-corrected chi connectivity index (χ0v) is 23.5. The molecule has 1 fully saturated rings. The topological polar surface area (TPSA) is 133 Å². The predicted molar refractivity (Wildman–Crippen MR) is 148 cm³/mol. The molecule has 9 nitrogen and oxygen atoms in total. The lowest BCUT2D eigenvalue weighted by Gasteiger charge is -2.28. The SMILES string of the molecule is CC(C)C[C@H](NC(=O)c1cc2ccccc2s1)C(=O)N[C@@H](C[C@@H]1CCCNC1=O)C(=O)C(=O)NC(C)(C)C. The smallest absolute Gasteiger partial charge is 0.290 e. The van der Waals surface area contributed by atoms with Crippen LogP contribution in [-0.2, 0) is 19.2 Å². The highest BCUT2D eigenvalue weighted by Gasteiger charge is 2.36. The number of hydrogen-bond donors (Lipinski definition) is 4. The summed E-state index contributed by atoms with van der Waals surface area (Å²) in [6, 6.07) is 7.30. The van der Waals surface area contributed by atoms with Crippen LogP contribution in [0.1, 0.15) is 70.0 Å². The van der Waals surface area contributed by atoms with Crippen LogP contribution in [0.3, 0.4) is 0 Å². The number of ketones is 1. The van der Waals surface area contributed by atoms with Crippen LogP contribution in [0.4, 0.5) is 0 Å². The van der Waals surface area contributed by atoms with E-state index < -0.39 is 41.1 Å². The Hall–Kier alpha value is -3.27. The fourth-order valence-corrected chi connectivity index (χ4v) is 5.40. The van der Waals surface area contributed by atoms with Crippen molar-refractivity contribution in [3.8, 4) is 0 Å². The zero-order valence-electron chi connectivity index (χ0n) is 22.7. The van der Waals surface area contributed by atoms with E-state index >= 15 is 0 Å². The summed E-state index contributed by atoms with van der Waals surface area (Å²) < 4.78 is 0.962. The van der Waals surface area contributed by atoms with Crippen LogP contribution in [0.2, 0.25) is 0 Å². The van der Waals surface area contributed by atoms with Crippen LogP contribution in [0.25, 0.3) is 10.1 Å². The molecule has 0 aliphatic carbocycles. The van der Waals surface area contributed by atoms with Crippen LogP contribution >= 0.6 is 11.3 Å². The average Bonchev–Trinajstić information content (AvgIpc) is 3.27. The number of fused-ring (bicyclic) bond motifs is 1. The highest BCUT2D eigenvalue weighted by molar-refractivity contribution is 7.20. The Morgan fingerprint density at radius 1 is 1.08 bits per heavy atom. The van der Waals surface area contributed by atoms with E-state index in [1.165, 1.54) is 11.3 Å². The monoisotopic (exact) mass is 542 g/mol. The maximum atomic E-state index is 13.5. The molecule has 3 atom stereocenters. The number of carbonyl (C=O) groups is 5. The van der Waals surface area contributed by atoms with Crippen LogP contribution in [0, 0.1) is 11.8 Å². The summed E-state index contributed by atoms with van der Waals surface area (Å²) in [5.41, 5.74) is -0.651. The average molecular weight is 543 g/mol. The molecular weight excluding hydrogens is 504 g/mol. The molecule has 2 heterocycles. The van der Waals surface area contributed by atoms with Crippen LogP contribution in [-0.4, -0.2) is 53.6 Å². The van der Waals surface area contributed by atoms with Crippen molar-refractivity contribution < 1.29 is 24.0 Å². The van der Waals surface area contributed by atoms with Gasteiger partial charge in [-0.1, -0.05) is 32.0 Å². The van der Waals surface area contributed by atoms with Gasteiger partial charge in [-0.15, -0.1) is 11.3 Å². The fourth-order valence-electron chi connectivity index (χ4n) is 4.44. The largest absolute Gasteiger partial charge is 0.356 e. The van der Waals surface area contributed by atoms with Gasteiger partial charge in [0, 0.05) is 22.7 Å². The van der Waals surface area contributed by atoms with Crippen LogP contribution < -0.4 is 21.3 Å². The molecule has 2 aromatic rings. The van der Waals surface area contributed by atoms with Crippen molar-refractivity contribution in [3.63, 3.8) is 0 Å². The zero-order chi connectivity index (χ0) is 28.0. The molecule has 1 saturated heterocycles. The van der Waals surface area contributed by atoms with Gasteiger partial charge in [0.05, 0.1) is 10.9 Å². The summed E-state index contributed by atoms with van der Waals surface area (Å²) >= 11 is 1.33. The Morgan fingerprint density at radius 3 is 2.42 bits per heavy atom. The second-order valence-electron chi connectivity index (χ2n) is 11.3. The van der Waals surface area contributed by atoms with Gasteiger partial charge in [-0.25, -0.2) is 0 Å². The van der Waals surface area contributed by atoms with Crippen molar-refractivity contribution >= 4 is 50.8 Å². The predicted octanol–water partition coefficient (Wildman–Crippen LogP) is 2.93. The molecule has 206 valence electrons. The molecule has 4 amide bonds. The Kier molecular flexibility index (Phi) is 9.65. The van der Waals surface area contributed by atoms with Gasteiger partial charge < -0.3 is 21.3 Å². The van der Waals surface area contributed by atoms with Crippen LogP contribution in [0.5, 0.6) is 0 Å². The number of benzene rings is 1. The maximum absolute atomic E-state index is 13.5. The number of rotatable bonds is 10. The quantitative estimate of drug-likeness (QED) is 0.343. The summed E-state index contributed by atoms with van der Waals surface area (Å²) in [4.78, 5) is 65.3. The fraction of sp³-hybridized carbons (Fsp3) is 0.536. The van der Waals surface area contributed by atoms with Gasteiger partial charge in [0.1, 0.15) is 6.04 Å². The standard InChI is InChI=1S/C28H38N4O5S/c1-16(2)13-20(31-26(36)22-15-17-9-6-7-11-21(17)38-22)25(35)30-19(14-18-10-8-12-29-24(18)34)23(33)27(37)32-28(3,4)5/h6-7,9,11,15-16,18-20H,8,10,12-14H2,1-5H3,(H,29,34)(H,30,35)(H,31,36)(H,32,37)/t18-,19-,20-/m0/s1. The minimum atomic E-state index is -1.20. The molecular formula is C28H38N4O5S. The molecule has 1 aliphatic rings. The van der Waals surface area contributed by atoms with Crippen molar-refractivity contribution in [1.82, 2.24) is 21.3 Å². The van der Waals surface area contributed by atoms with Crippen LogP contribution in [0.15, 0.2) is 30.3 Å². The Bertz CT molecular complexity index is 1170. The second-order valence-corrected chi connectivity index (χ2v) is 12.4. The van der Waals surface area contributed by atoms with E-state index in [-0.39, 0.29) is 24.2 Å². The Balaban J connectivity index is 1.79. The van der Waals surface area contributed by atoms with E-state index in [0.29, 0.717) is 24.3 Å². The van der Waals surface area contributed by atoms with Gasteiger partial charge in [0.2, 0.25) is 17.6 Å². The molecule has 10 heteroatoms. The lowest BCUT2D eigenvalue weighted by molar-refractivity contribution is -0.142. The van der Waals surface area contributed by atoms with Crippen molar-refractivity contribution in [1.29, 1.82) is 0 Å². The number of hydrogen-bond acceptors (Lipinski definition) is 6. The molecule has 1 aromatic carbocycles. The number of amides is 4. The Morgan fingerprint density at radius 2 is 1.79 bits per heavy atom. The summed E-state index contributed by atoms with van der Waals surface area (Å²) in [5, 5.41) is 11.9. The first-order valence-electron chi connectivity index (χ1n) is 13.1. The summed E-state index contributed by atoms with van der Waals surface area (Å²) in [6.07, 6.45) is 1.65. The van der Waals surface area contributed by atoms with E-state index in [9.17, 15) is 24.0 Å². The van der Waals surface area contributed by atoms with Gasteiger partial charge >= 0.3 is 0 Å². The normalized spacial score (nSPS) is 17.4. The molecule has 1 aliphatic heterocycles. The molecule has 0 saturated carbocycles. The van der Waals surface area contributed by atoms with E-state index in [2.05, 4.69) is 21.3 Å². The molecule has 4 N–H and O–H groups in total. The van der Waals surface area contributed by atoms with Crippen molar-refractivity contribution in [2.24, 2.45) is 11.8 Å². The first kappa shape index (κ1) is 29.3. The minimum absolute atomic E-state index is 0.00658. The molecule has 0 unspecified atom stereocenters. The maximum Gasteiger partial charge on any atom is 0.290 e. The van der Waals surface area contributed by atoms with Gasteiger partial charge in [0.25, 0.3) is 11.8 Å². The molecule has 1 aromatic heterocycles. The number of Topliss-reactive ketones (excluding diaryl/α,β-unsaturated/α-hetero) is 1. The number of piperidine rings is 1. The Labute approximate surface area is 227 Å². The van der Waals surface area contributed by atoms with Crippen molar-refractivity contribution in [3.05, 3.63) is 35.2 Å². The summed E-state index contributed by atoms with van der Waals surface area (Å²) in [7, 11) is 0. The summed E-state index contributed by atoms with van der Waals surface area (Å²) in [6.45, 7) is 9.67. The van der Waals surface area contributed by atoms with E-state index in [1.54, 1.807) is 26.8 Å². The third-order valence-corrected chi connectivity index (χ3v) is 7.36. The molecule has 38 heavy (non-hydrogen) atoms. The highest BCUT2D eigenvalue weighted by atomic mass is 32.1. The molecule has 0 spiro atoms. The third-order valence-electron chi connectivity index (χ3n) is 6.24. The van der Waals surface area contributed by atoms with E-state index in [4.69, 9.17) is 0 Å². The van der Waals surface area contributed by atoms with E-state index in [1.807, 2.05) is 38.1 Å². The molecule has 3 rings (SSSR count). The van der Waals surface area contributed by atoms with Gasteiger partial charge in [-0.2, -0.15) is 0 Å². The van der Waals surface area contributed by atoms with Gasteiger partial charge in [-0.05, 0) is 69.9 Å². The van der Waals surface area contributed by atoms with Gasteiger partial charge in [0.15, 0.2) is 0 Å². The highest BCUT2D eigenvalue weighted by Crippen LogP contribution is 2.25. The minimum Gasteiger partial charge on any atom is -0.356 e. The number of nitrogens with one attached hydrogen (secondary N) is 4. The number of thiophene rings is 1. The first-order chi connectivity index (χ1) is 17.8. The lowest BCUT2D eigenvalue weighted by Crippen LogP contribution is -2.56. The van der Waals surface area contributed by atoms with E-state index in [0.717, 1.165) is 16.5 Å². The second kappa shape index (κ2) is 12.5.